The van der Waals surface area contributed by atoms with Gasteiger partial charge in [0.05, 0.1) is 0 Å². The van der Waals surface area contributed by atoms with Gasteiger partial charge < -0.3 is 5.11 Å². The van der Waals surface area contributed by atoms with Crippen LogP contribution in [0.1, 0.15) is 19.4 Å². The SMILES string of the molecule is CC1(C)CSC2=[N+]1CC(O)(c1ccc(Br)cc1)N2c1ccccc1. The summed E-state index contributed by atoms with van der Waals surface area (Å²) in [5, 5.41) is 12.9. The Balaban J connectivity index is 1.87. The van der Waals surface area contributed by atoms with Gasteiger partial charge in [-0.25, -0.2) is 4.58 Å². The van der Waals surface area contributed by atoms with Gasteiger partial charge >= 0.3 is 5.17 Å². The maximum absolute atomic E-state index is 11.7. The molecule has 0 radical (unpaired) electrons. The van der Waals surface area contributed by atoms with Crippen LogP contribution in [0, 0.1) is 0 Å². The van der Waals surface area contributed by atoms with Gasteiger partial charge in [-0.3, -0.25) is 0 Å². The fourth-order valence-electron chi connectivity index (χ4n) is 3.41. The highest BCUT2D eigenvalue weighted by Gasteiger charge is 2.60. The van der Waals surface area contributed by atoms with E-state index in [1.54, 1.807) is 0 Å². The lowest BCUT2D eigenvalue weighted by Gasteiger charge is -2.30. The number of anilines is 1. The van der Waals surface area contributed by atoms with Gasteiger partial charge in [0.15, 0.2) is 6.54 Å². The minimum atomic E-state index is -1.07. The lowest BCUT2D eigenvalue weighted by Crippen LogP contribution is -2.48. The summed E-state index contributed by atoms with van der Waals surface area (Å²) in [5.41, 5.74) is 0.896. The Labute approximate surface area is 155 Å². The van der Waals surface area contributed by atoms with Crippen LogP contribution in [-0.4, -0.2) is 32.7 Å². The van der Waals surface area contributed by atoms with E-state index < -0.39 is 5.72 Å². The van der Waals surface area contributed by atoms with Gasteiger partial charge in [0.1, 0.15) is 11.2 Å². The zero-order valence-electron chi connectivity index (χ0n) is 13.7. The smallest absolute Gasteiger partial charge is 0.317 e. The van der Waals surface area contributed by atoms with Crippen LogP contribution >= 0.6 is 27.7 Å². The van der Waals surface area contributed by atoms with Gasteiger partial charge in [0.25, 0.3) is 5.72 Å². The van der Waals surface area contributed by atoms with E-state index in [1.807, 2.05) is 54.2 Å². The summed E-state index contributed by atoms with van der Waals surface area (Å²) in [5.74, 6) is 1.03. The van der Waals surface area contributed by atoms with Crippen molar-refractivity contribution in [3.63, 3.8) is 0 Å². The minimum absolute atomic E-state index is 0.0346. The highest BCUT2D eigenvalue weighted by molar-refractivity contribution is 9.10. The molecule has 0 fully saturated rings. The van der Waals surface area contributed by atoms with E-state index in [9.17, 15) is 5.11 Å². The Morgan fingerprint density at radius 3 is 2.42 bits per heavy atom. The van der Waals surface area contributed by atoms with E-state index in [2.05, 4.69) is 51.4 Å². The Morgan fingerprint density at radius 1 is 1.08 bits per heavy atom. The van der Waals surface area contributed by atoms with Gasteiger partial charge in [-0.05, 0) is 49.9 Å². The number of hydrogen-bond acceptors (Lipinski definition) is 3. The zero-order chi connectivity index (χ0) is 16.9. The molecule has 1 unspecified atom stereocenters. The molecule has 0 saturated carbocycles. The molecule has 124 valence electrons. The summed E-state index contributed by atoms with van der Waals surface area (Å²) < 4.78 is 3.36. The molecule has 2 aromatic carbocycles. The van der Waals surface area contributed by atoms with E-state index in [1.165, 1.54) is 0 Å². The van der Waals surface area contributed by atoms with Crippen molar-refractivity contribution in [2.75, 3.05) is 17.2 Å². The molecule has 1 N–H and O–H groups in total. The summed E-state index contributed by atoms with van der Waals surface area (Å²) in [7, 11) is 0. The number of nitrogens with zero attached hydrogens (tertiary/aromatic N) is 2. The molecule has 0 spiro atoms. The van der Waals surface area contributed by atoms with Crippen LogP contribution in [0.15, 0.2) is 59.1 Å². The van der Waals surface area contributed by atoms with Crippen LogP contribution in [-0.2, 0) is 5.72 Å². The molecular weight excluding hydrogens is 384 g/mol. The van der Waals surface area contributed by atoms with Crippen molar-refractivity contribution >= 4 is 38.5 Å². The Bertz CT molecular complexity index is 804. The molecule has 3 nitrogen and oxygen atoms in total. The van der Waals surface area contributed by atoms with Crippen molar-refractivity contribution in [2.45, 2.75) is 25.1 Å². The number of halogens is 1. The summed E-state index contributed by atoms with van der Waals surface area (Å²) in [6.45, 7) is 5.05. The first-order chi connectivity index (χ1) is 11.4. The number of thioether (sulfide) groups is 1. The Morgan fingerprint density at radius 2 is 1.75 bits per heavy atom. The first-order valence-electron chi connectivity index (χ1n) is 8.03. The third kappa shape index (κ3) is 2.41. The maximum Gasteiger partial charge on any atom is 0.317 e. The van der Waals surface area contributed by atoms with Crippen molar-refractivity contribution < 1.29 is 9.68 Å². The largest absolute Gasteiger partial charge is 0.346 e. The third-order valence-electron chi connectivity index (χ3n) is 4.78. The number of aliphatic hydroxyl groups is 1. The van der Waals surface area contributed by atoms with E-state index >= 15 is 0 Å². The number of amidine groups is 1. The molecule has 0 aliphatic carbocycles. The van der Waals surface area contributed by atoms with E-state index in [4.69, 9.17) is 0 Å². The molecule has 2 aromatic rings. The number of hydrogen-bond donors (Lipinski definition) is 1. The molecule has 24 heavy (non-hydrogen) atoms. The monoisotopic (exact) mass is 403 g/mol. The molecule has 0 bridgehead atoms. The predicted octanol–water partition coefficient (Wildman–Crippen LogP) is 4.01. The van der Waals surface area contributed by atoms with Crippen LogP contribution < -0.4 is 4.90 Å². The quantitative estimate of drug-likeness (QED) is 0.767. The van der Waals surface area contributed by atoms with Crippen molar-refractivity contribution in [3.05, 3.63) is 64.6 Å². The first kappa shape index (κ1) is 16.2. The van der Waals surface area contributed by atoms with Gasteiger partial charge in [0.2, 0.25) is 0 Å². The molecule has 2 aliphatic heterocycles. The fraction of sp³-hybridized carbons (Fsp3) is 0.316. The molecule has 0 saturated heterocycles. The van der Waals surface area contributed by atoms with Crippen LogP contribution in [0.25, 0.3) is 0 Å². The Hall–Kier alpha value is -1.30. The van der Waals surface area contributed by atoms with Crippen molar-refractivity contribution in [1.82, 2.24) is 0 Å². The van der Waals surface area contributed by atoms with E-state index in [0.29, 0.717) is 6.54 Å². The van der Waals surface area contributed by atoms with Crippen LogP contribution in [0.5, 0.6) is 0 Å². The molecule has 4 rings (SSSR count). The topological polar surface area (TPSA) is 26.5 Å². The van der Waals surface area contributed by atoms with E-state index in [0.717, 1.165) is 26.6 Å². The second-order valence-corrected chi connectivity index (χ2v) is 8.82. The number of β-amino-alcohol motifs (C(OH)–C–C–N with tert-alkyl or cyclic N) is 1. The molecule has 5 heteroatoms. The molecule has 2 heterocycles. The highest BCUT2D eigenvalue weighted by atomic mass is 79.9. The van der Waals surface area contributed by atoms with Crippen LogP contribution in [0.3, 0.4) is 0 Å². The summed E-state index contributed by atoms with van der Waals surface area (Å²) in [6, 6.07) is 18.1. The van der Waals surface area contributed by atoms with Crippen LogP contribution in [0.4, 0.5) is 5.69 Å². The van der Waals surface area contributed by atoms with Gasteiger partial charge in [-0.1, -0.05) is 46.3 Å². The second kappa shape index (κ2) is 5.61. The third-order valence-corrected chi connectivity index (χ3v) is 6.82. The Kier molecular flexibility index (Phi) is 3.79. The predicted molar refractivity (Wildman–Crippen MR) is 104 cm³/mol. The molecule has 1 atom stereocenters. The van der Waals surface area contributed by atoms with Crippen molar-refractivity contribution in [3.8, 4) is 0 Å². The van der Waals surface area contributed by atoms with Gasteiger partial charge in [-0.2, -0.15) is 4.90 Å². The standard InChI is InChI=1S/C19H20BrN2OS/c1-18(2)13-24-17-21(18)12-19(23,14-8-10-15(20)11-9-14)22(17)16-6-4-3-5-7-16/h3-11,23H,12-13H2,1-2H3/q+1. The molecular formula is C19H20BrN2OS+. The van der Waals surface area contributed by atoms with Crippen molar-refractivity contribution in [2.24, 2.45) is 0 Å². The maximum atomic E-state index is 11.7. The summed E-state index contributed by atoms with van der Waals surface area (Å²) in [6.07, 6.45) is 0. The van der Waals surface area contributed by atoms with Crippen LogP contribution in [0.2, 0.25) is 0 Å². The number of rotatable bonds is 2. The average molecular weight is 404 g/mol. The second-order valence-electron chi connectivity index (χ2n) is 6.96. The van der Waals surface area contributed by atoms with Gasteiger partial charge in [-0.15, -0.1) is 0 Å². The lowest BCUT2D eigenvalue weighted by molar-refractivity contribution is -0.594. The van der Waals surface area contributed by atoms with Gasteiger partial charge in [0, 0.05) is 15.8 Å². The average Bonchev–Trinajstić information content (AvgIpc) is 3.03. The summed E-state index contributed by atoms with van der Waals surface area (Å²) >= 11 is 5.31. The highest BCUT2D eigenvalue weighted by Crippen LogP contribution is 2.44. The fourth-order valence-corrected chi connectivity index (χ4v) is 5.17. The zero-order valence-corrected chi connectivity index (χ0v) is 16.1. The lowest BCUT2D eigenvalue weighted by atomic mass is 9.99. The molecule has 2 aliphatic rings. The summed E-state index contributed by atoms with van der Waals surface area (Å²) in [4.78, 5) is 2.09. The normalized spacial score (nSPS) is 25.2. The first-order valence-corrected chi connectivity index (χ1v) is 9.81. The van der Waals surface area contributed by atoms with E-state index in [-0.39, 0.29) is 5.54 Å². The minimum Gasteiger partial charge on any atom is -0.346 e. The van der Waals surface area contributed by atoms with Crippen molar-refractivity contribution in [1.29, 1.82) is 0 Å². The number of benzene rings is 2. The number of para-hydroxylation sites is 1. The molecule has 0 amide bonds. The molecule has 0 aromatic heterocycles.